The van der Waals surface area contributed by atoms with Crippen LogP contribution < -0.4 is 16.0 Å². The fraction of sp³-hybridized carbons (Fsp3) is 0.375. The van der Waals surface area contributed by atoms with Crippen molar-refractivity contribution in [1.82, 2.24) is 25.5 Å². The minimum absolute atomic E-state index is 0.0228. The summed E-state index contributed by atoms with van der Waals surface area (Å²) in [5.41, 5.74) is 3.29. The zero-order chi connectivity index (χ0) is 21.9. The molecule has 0 bridgehead atoms. The topological polar surface area (TPSA) is 83.3 Å². The summed E-state index contributed by atoms with van der Waals surface area (Å²) >= 11 is 0. The van der Waals surface area contributed by atoms with E-state index in [0.29, 0.717) is 26.1 Å². The second-order valence-electron chi connectivity index (χ2n) is 7.35. The molecule has 0 saturated heterocycles. The Labute approximate surface area is 184 Å². The smallest absolute Gasteiger partial charge is 0.222 e. The molecule has 0 aliphatic heterocycles. The standard InChI is InChI=1S/C24H32N6O/c1-3-25-24(27-16-14-23(31)28-18-20-10-5-4-6-11-20)26-15-9-17-30-19(2)29-21-12-7-8-13-22(21)30/h4-8,10-13H,3,9,14-18H2,1-2H3,(H,28,31)(H2,25,26,27). The molecular formula is C24H32N6O. The second-order valence-corrected chi connectivity index (χ2v) is 7.35. The number of aromatic nitrogens is 2. The molecule has 1 aromatic heterocycles. The minimum Gasteiger partial charge on any atom is -0.357 e. The monoisotopic (exact) mass is 420 g/mol. The molecule has 2 aromatic carbocycles. The van der Waals surface area contributed by atoms with Crippen LogP contribution in [0.5, 0.6) is 0 Å². The molecule has 0 atom stereocenters. The number of guanidine groups is 1. The van der Waals surface area contributed by atoms with Gasteiger partial charge in [-0.15, -0.1) is 0 Å². The number of amides is 1. The number of hydrogen-bond donors (Lipinski definition) is 3. The van der Waals surface area contributed by atoms with E-state index in [1.165, 1.54) is 0 Å². The molecule has 0 aliphatic rings. The van der Waals surface area contributed by atoms with Gasteiger partial charge >= 0.3 is 0 Å². The van der Waals surface area contributed by atoms with Gasteiger partial charge < -0.3 is 20.5 Å². The minimum atomic E-state index is 0.0228. The lowest BCUT2D eigenvalue weighted by atomic mass is 10.2. The van der Waals surface area contributed by atoms with Crippen molar-refractivity contribution in [3.63, 3.8) is 0 Å². The summed E-state index contributed by atoms with van der Waals surface area (Å²) in [6.45, 7) is 7.51. The van der Waals surface area contributed by atoms with Crippen LogP contribution in [0.3, 0.4) is 0 Å². The number of aryl methyl sites for hydroxylation is 2. The lowest BCUT2D eigenvalue weighted by Gasteiger charge is -2.12. The van der Waals surface area contributed by atoms with Crippen LogP contribution in [0.1, 0.15) is 31.2 Å². The highest BCUT2D eigenvalue weighted by atomic mass is 16.1. The Bertz CT molecular complexity index is 996. The van der Waals surface area contributed by atoms with Gasteiger partial charge in [-0.3, -0.25) is 9.79 Å². The molecule has 0 fully saturated rings. The molecule has 1 amide bonds. The Kier molecular flexibility index (Phi) is 8.46. The Hall–Kier alpha value is -3.35. The van der Waals surface area contributed by atoms with Gasteiger partial charge in [-0.25, -0.2) is 4.98 Å². The normalized spacial score (nSPS) is 11.5. The van der Waals surface area contributed by atoms with Crippen molar-refractivity contribution in [3.05, 3.63) is 66.0 Å². The average molecular weight is 421 g/mol. The van der Waals surface area contributed by atoms with E-state index in [4.69, 9.17) is 0 Å². The molecule has 7 nitrogen and oxygen atoms in total. The molecule has 0 aliphatic carbocycles. The van der Waals surface area contributed by atoms with Crippen molar-refractivity contribution in [3.8, 4) is 0 Å². The Balaban J connectivity index is 1.41. The number of carbonyl (C=O) groups is 1. The highest BCUT2D eigenvalue weighted by Gasteiger charge is 2.06. The molecule has 31 heavy (non-hydrogen) atoms. The van der Waals surface area contributed by atoms with Gasteiger partial charge in [-0.2, -0.15) is 0 Å². The van der Waals surface area contributed by atoms with Gasteiger partial charge in [-0.1, -0.05) is 42.5 Å². The summed E-state index contributed by atoms with van der Waals surface area (Å²) in [6, 6.07) is 18.1. The molecule has 0 spiro atoms. The maximum atomic E-state index is 12.1. The van der Waals surface area contributed by atoms with Crippen LogP contribution in [0, 0.1) is 6.92 Å². The van der Waals surface area contributed by atoms with Crippen molar-refractivity contribution in [1.29, 1.82) is 0 Å². The quantitative estimate of drug-likeness (QED) is 0.267. The first-order chi connectivity index (χ1) is 15.2. The number of hydrogen-bond acceptors (Lipinski definition) is 3. The third-order valence-electron chi connectivity index (χ3n) is 4.98. The van der Waals surface area contributed by atoms with Gasteiger partial charge in [-0.05, 0) is 38.0 Å². The van der Waals surface area contributed by atoms with E-state index in [1.807, 2.05) is 62.4 Å². The van der Waals surface area contributed by atoms with E-state index in [1.54, 1.807) is 0 Å². The van der Waals surface area contributed by atoms with E-state index in [0.717, 1.165) is 47.9 Å². The van der Waals surface area contributed by atoms with Crippen LogP contribution in [0.2, 0.25) is 0 Å². The number of nitrogens with one attached hydrogen (secondary N) is 3. The Morgan fingerprint density at radius 3 is 2.61 bits per heavy atom. The van der Waals surface area contributed by atoms with Crippen LogP contribution in [-0.4, -0.2) is 41.1 Å². The van der Waals surface area contributed by atoms with Crippen LogP contribution in [0.4, 0.5) is 0 Å². The molecule has 0 unspecified atom stereocenters. The maximum Gasteiger partial charge on any atom is 0.222 e. The van der Waals surface area contributed by atoms with E-state index in [2.05, 4.69) is 36.6 Å². The van der Waals surface area contributed by atoms with Crippen LogP contribution in [0.25, 0.3) is 11.0 Å². The molecule has 3 N–H and O–H groups in total. The number of nitrogens with zero attached hydrogens (tertiary/aromatic N) is 3. The highest BCUT2D eigenvalue weighted by molar-refractivity contribution is 5.81. The lowest BCUT2D eigenvalue weighted by molar-refractivity contribution is -0.121. The summed E-state index contributed by atoms with van der Waals surface area (Å²) in [5.74, 6) is 1.79. The molecule has 7 heteroatoms. The largest absolute Gasteiger partial charge is 0.357 e. The second kappa shape index (κ2) is 11.7. The molecule has 0 saturated carbocycles. The Morgan fingerprint density at radius 2 is 1.81 bits per heavy atom. The first-order valence-electron chi connectivity index (χ1n) is 10.9. The number of fused-ring (bicyclic) bond motifs is 1. The summed E-state index contributed by atoms with van der Waals surface area (Å²) < 4.78 is 2.24. The molecule has 164 valence electrons. The third-order valence-corrected chi connectivity index (χ3v) is 4.98. The zero-order valence-corrected chi connectivity index (χ0v) is 18.4. The van der Waals surface area contributed by atoms with Crippen molar-refractivity contribution in [2.75, 3.05) is 19.6 Å². The van der Waals surface area contributed by atoms with Gasteiger partial charge in [0.2, 0.25) is 5.91 Å². The fourth-order valence-electron chi connectivity index (χ4n) is 3.42. The molecule has 0 radical (unpaired) electrons. The van der Waals surface area contributed by atoms with Crippen molar-refractivity contribution >= 4 is 22.9 Å². The van der Waals surface area contributed by atoms with Gasteiger partial charge in [0.05, 0.1) is 11.0 Å². The fourth-order valence-corrected chi connectivity index (χ4v) is 3.42. The first-order valence-corrected chi connectivity index (χ1v) is 10.9. The van der Waals surface area contributed by atoms with Gasteiger partial charge in [0, 0.05) is 39.1 Å². The SMILES string of the molecule is CCNC(=NCCCn1c(C)nc2ccccc21)NCCC(=O)NCc1ccccc1. The van der Waals surface area contributed by atoms with Crippen LogP contribution in [0.15, 0.2) is 59.6 Å². The number of imidazole rings is 1. The van der Waals surface area contributed by atoms with Crippen molar-refractivity contribution < 1.29 is 4.79 Å². The number of aliphatic imine (C=N–C) groups is 1. The summed E-state index contributed by atoms with van der Waals surface area (Å²) in [6.07, 6.45) is 1.31. The zero-order valence-electron chi connectivity index (χ0n) is 18.4. The highest BCUT2D eigenvalue weighted by Crippen LogP contribution is 2.15. The predicted molar refractivity (Wildman–Crippen MR) is 126 cm³/mol. The maximum absolute atomic E-state index is 12.1. The number of benzene rings is 2. The van der Waals surface area contributed by atoms with Crippen LogP contribution in [-0.2, 0) is 17.9 Å². The first kappa shape index (κ1) is 22.3. The van der Waals surface area contributed by atoms with E-state index in [9.17, 15) is 4.79 Å². The molecule has 3 aromatic rings. The number of rotatable bonds is 10. The van der Waals surface area contributed by atoms with Crippen LogP contribution >= 0.6 is 0 Å². The van der Waals surface area contributed by atoms with Gasteiger partial charge in [0.25, 0.3) is 0 Å². The summed E-state index contributed by atoms with van der Waals surface area (Å²) in [5, 5.41) is 9.42. The van der Waals surface area contributed by atoms with E-state index >= 15 is 0 Å². The van der Waals surface area contributed by atoms with E-state index in [-0.39, 0.29) is 5.91 Å². The van der Waals surface area contributed by atoms with E-state index < -0.39 is 0 Å². The molecule has 1 heterocycles. The third kappa shape index (κ3) is 6.84. The number of carbonyl (C=O) groups excluding carboxylic acids is 1. The summed E-state index contributed by atoms with van der Waals surface area (Å²) in [4.78, 5) is 21.3. The lowest BCUT2D eigenvalue weighted by Crippen LogP contribution is -2.39. The Morgan fingerprint density at radius 1 is 1.03 bits per heavy atom. The van der Waals surface area contributed by atoms with Gasteiger partial charge in [0.1, 0.15) is 5.82 Å². The number of para-hydroxylation sites is 2. The van der Waals surface area contributed by atoms with Crippen molar-refractivity contribution in [2.24, 2.45) is 4.99 Å². The van der Waals surface area contributed by atoms with Crippen molar-refractivity contribution in [2.45, 2.75) is 39.8 Å². The molecular weight excluding hydrogens is 388 g/mol. The molecule has 3 rings (SSSR count). The van der Waals surface area contributed by atoms with Gasteiger partial charge in [0.15, 0.2) is 5.96 Å². The average Bonchev–Trinajstić information content (AvgIpc) is 3.11. The summed E-state index contributed by atoms with van der Waals surface area (Å²) in [7, 11) is 0. The predicted octanol–water partition coefficient (Wildman–Crippen LogP) is 3.00.